The number of esters is 1. The maximum Gasteiger partial charge on any atom is 0.408 e. The molecule has 0 aliphatic heterocycles. The largest absolute Gasteiger partial charge is 0.464 e. The highest BCUT2D eigenvalue weighted by Gasteiger charge is 2.53. The quantitative estimate of drug-likeness (QED) is 0.617. The van der Waals surface area contributed by atoms with E-state index in [1.807, 2.05) is 0 Å². The Morgan fingerprint density at radius 1 is 1.28 bits per heavy atom. The molecule has 5 heteroatoms. The Kier molecular flexibility index (Phi) is 5.70. The molecule has 0 unspecified atom stereocenters. The summed E-state index contributed by atoms with van der Waals surface area (Å²) in [5, 5.41) is 2.57. The maximum absolute atomic E-state index is 11.5. The SMILES string of the molecule is C#C.CCOC(=O)C1(NC(=O)OC(C)(C)C)CC1. The van der Waals surface area contributed by atoms with Crippen molar-refractivity contribution in [2.75, 3.05) is 6.61 Å². The minimum atomic E-state index is -0.835. The van der Waals surface area contributed by atoms with Crippen LogP contribution in [-0.2, 0) is 14.3 Å². The lowest BCUT2D eigenvalue weighted by molar-refractivity contribution is -0.146. The van der Waals surface area contributed by atoms with E-state index in [0.29, 0.717) is 19.4 Å². The Balaban J connectivity index is 0.00000137. The summed E-state index contributed by atoms with van der Waals surface area (Å²) in [5.74, 6) is -0.374. The van der Waals surface area contributed by atoms with Crippen LogP contribution in [0.25, 0.3) is 0 Å². The number of carbonyl (C=O) groups is 2. The van der Waals surface area contributed by atoms with Crippen molar-refractivity contribution in [2.45, 2.75) is 51.7 Å². The molecule has 102 valence electrons. The molecule has 1 fully saturated rings. The zero-order valence-electron chi connectivity index (χ0n) is 11.4. The summed E-state index contributed by atoms with van der Waals surface area (Å²) >= 11 is 0. The molecule has 1 saturated carbocycles. The molecule has 1 amide bonds. The molecule has 1 rings (SSSR count). The highest BCUT2D eigenvalue weighted by atomic mass is 16.6. The lowest BCUT2D eigenvalue weighted by atomic mass is 10.2. The molecule has 1 aliphatic rings. The molecule has 0 aromatic carbocycles. The Morgan fingerprint density at radius 2 is 1.78 bits per heavy atom. The van der Waals surface area contributed by atoms with Crippen LogP contribution in [0.2, 0.25) is 0 Å². The van der Waals surface area contributed by atoms with Gasteiger partial charge in [-0.2, -0.15) is 0 Å². The van der Waals surface area contributed by atoms with Crippen LogP contribution < -0.4 is 5.32 Å². The van der Waals surface area contributed by atoms with Gasteiger partial charge in [0.25, 0.3) is 0 Å². The lowest BCUT2D eigenvalue weighted by Gasteiger charge is -2.22. The van der Waals surface area contributed by atoms with Crippen molar-refractivity contribution in [1.82, 2.24) is 5.32 Å². The van der Waals surface area contributed by atoms with E-state index in [1.165, 1.54) is 0 Å². The number of carbonyl (C=O) groups excluding carboxylic acids is 2. The van der Waals surface area contributed by atoms with Crippen molar-refractivity contribution < 1.29 is 19.1 Å². The van der Waals surface area contributed by atoms with Crippen LogP contribution in [0.1, 0.15) is 40.5 Å². The normalized spacial score (nSPS) is 15.7. The van der Waals surface area contributed by atoms with E-state index in [9.17, 15) is 9.59 Å². The first-order valence-corrected chi connectivity index (χ1v) is 5.81. The molecule has 0 bridgehead atoms. The summed E-state index contributed by atoms with van der Waals surface area (Å²) in [6.07, 6.45) is 8.66. The first kappa shape index (κ1) is 16.3. The molecule has 5 nitrogen and oxygen atoms in total. The van der Waals surface area contributed by atoms with Crippen LogP contribution in [0.4, 0.5) is 4.79 Å². The number of amides is 1. The van der Waals surface area contributed by atoms with Crippen molar-refractivity contribution in [1.29, 1.82) is 0 Å². The Hall–Kier alpha value is -1.70. The summed E-state index contributed by atoms with van der Waals surface area (Å²) in [6, 6.07) is 0. The zero-order chi connectivity index (χ0) is 14.4. The molecular formula is C13H21NO4. The van der Waals surface area contributed by atoms with Gasteiger partial charge in [-0.05, 0) is 40.5 Å². The predicted molar refractivity (Wildman–Crippen MR) is 67.9 cm³/mol. The van der Waals surface area contributed by atoms with Crippen LogP contribution in [0, 0.1) is 12.8 Å². The molecule has 0 spiro atoms. The van der Waals surface area contributed by atoms with E-state index >= 15 is 0 Å². The van der Waals surface area contributed by atoms with E-state index in [1.54, 1.807) is 27.7 Å². The zero-order valence-corrected chi connectivity index (χ0v) is 11.4. The van der Waals surface area contributed by atoms with Crippen molar-refractivity contribution in [3.63, 3.8) is 0 Å². The third kappa shape index (κ3) is 5.09. The average molecular weight is 255 g/mol. The average Bonchev–Trinajstić information content (AvgIpc) is 2.99. The Morgan fingerprint density at radius 3 is 2.11 bits per heavy atom. The van der Waals surface area contributed by atoms with Crippen molar-refractivity contribution in [3.8, 4) is 12.8 Å². The van der Waals surface area contributed by atoms with Gasteiger partial charge in [-0.15, -0.1) is 12.8 Å². The molecule has 0 saturated heterocycles. The molecule has 0 aromatic heterocycles. The van der Waals surface area contributed by atoms with Crippen LogP contribution >= 0.6 is 0 Å². The van der Waals surface area contributed by atoms with Crippen LogP contribution in [0.3, 0.4) is 0 Å². The molecular weight excluding hydrogens is 234 g/mol. The summed E-state index contributed by atoms with van der Waals surface area (Å²) in [5.41, 5.74) is -1.40. The standard InChI is InChI=1S/C11H19NO4.C2H2/c1-5-15-8(13)11(6-7-11)12-9(14)16-10(2,3)4;1-2/h5-7H2,1-4H3,(H,12,14);1-2H. The summed E-state index contributed by atoms with van der Waals surface area (Å²) in [4.78, 5) is 23.0. The molecule has 0 atom stereocenters. The van der Waals surface area contributed by atoms with Gasteiger partial charge < -0.3 is 14.8 Å². The summed E-state index contributed by atoms with van der Waals surface area (Å²) in [6.45, 7) is 7.38. The number of nitrogens with one attached hydrogen (secondary N) is 1. The van der Waals surface area contributed by atoms with Crippen molar-refractivity contribution in [3.05, 3.63) is 0 Å². The minimum Gasteiger partial charge on any atom is -0.464 e. The van der Waals surface area contributed by atoms with Crippen LogP contribution in [0.5, 0.6) is 0 Å². The second-order valence-corrected chi connectivity index (χ2v) is 4.93. The number of alkyl carbamates (subject to hydrolysis) is 1. The fraction of sp³-hybridized carbons (Fsp3) is 0.692. The van der Waals surface area contributed by atoms with Gasteiger partial charge in [-0.25, -0.2) is 9.59 Å². The Bertz CT molecular complexity index is 324. The fourth-order valence-electron chi connectivity index (χ4n) is 1.27. The van der Waals surface area contributed by atoms with Gasteiger partial charge in [0.1, 0.15) is 11.1 Å². The number of rotatable bonds is 3. The monoisotopic (exact) mass is 255 g/mol. The van der Waals surface area contributed by atoms with Crippen molar-refractivity contribution in [2.24, 2.45) is 0 Å². The van der Waals surface area contributed by atoms with Crippen LogP contribution in [-0.4, -0.2) is 29.8 Å². The second kappa shape index (κ2) is 6.29. The molecule has 0 radical (unpaired) electrons. The Labute approximate surface area is 108 Å². The molecule has 1 aliphatic carbocycles. The molecule has 0 aromatic rings. The first-order valence-electron chi connectivity index (χ1n) is 5.81. The van der Waals surface area contributed by atoms with Gasteiger partial charge in [0.05, 0.1) is 6.61 Å². The highest BCUT2D eigenvalue weighted by molar-refractivity contribution is 5.88. The van der Waals surface area contributed by atoms with E-state index in [0.717, 1.165) is 0 Å². The van der Waals surface area contributed by atoms with Gasteiger partial charge in [0, 0.05) is 0 Å². The third-order valence-corrected chi connectivity index (χ3v) is 2.16. The van der Waals surface area contributed by atoms with Gasteiger partial charge >= 0.3 is 12.1 Å². The fourth-order valence-corrected chi connectivity index (χ4v) is 1.27. The van der Waals surface area contributed by atoms with E-state index in [4.69, 9.17) is 9.47 Å². The minimum absolute atomic E-state index is 0.316. The smallest absolute Gasteiger partial charge is 0.408 e. The second-order valence-electron chi connectivity index (χ2n) is 4.93. The number of terminal acetylenes is 1. The highest BCUT2D eigenvalue weighted by Crippen LogP contribution is 2.36. The van der Waals surface area contributed by atoms with Gasteiger partial charge in [-0.3, -0.25) is 0 Å². The number of hydrogen-bond acceptors (Lipinski definition) is 4. The lowest BCUT2D eigenvalue weighted by Crippen LogP contribution is -2.46. The van der Waals surface area contributed by atoms with E-state index in [2.05, 4.69) is 18.2 Å². The van der Waals surface area contributed by atoms with Crippen LogP contribution in [0.15, 0.2) is 0 Å². The number of hydrogen-bond donors (Lipinski definition) is 1. The summed E-state index contributed by atoms with van der Waals surface area (Å²) < 4.78 is 9.97. The maximum atomic E-state index is 11.5. The number of ether oxygens (including phenoxy) is 2. The van der Waals surface area contributed by atoms with Gasteiger partial charge in [0.15, 0.2) is 0 Å². The molecule has 1 N–H and O–H groups in total. The topological polar surface area (TPSA) is 64.6 Å². The summed E-state index contributed by atoms with van der Waals surface area (Å²) in [7, 11) is 0. The molecule has 0 heterocycles. The van der Waals surface area contributed by atoms with Gasteiger partial charge in [-0.1, -0.05) is 0 Å². The van der Waals surface area contributed by atoms with Gasteiger partial charge in [0.2, 0.25) is 0 Å². The molecule has 18 heavy (non-hydrogen) atoms. The first-order chi connectivity index (χ1) is 8.29. The predicted octanol–water partition coefficient (Wildman–Crippen LogP) is 1.86. The third-order valence-electron chi connectivity index (χ3n) is 2.16. The van der Waals surface area contributed by atoms with E-state index in [-0.39, 0.29) is 5.97 Å². The van der Waals surface area contributed by atoms with Crippen molar-refractivity contribution >= 4 is 12.1 Å². The van der Waals surface area contributed by atoms with E-state index < -0.39 is 17.2 Å².